The number of hydrogen-bond acceptors (Lipinski definition) is 8. The number of benzene rings is 2. The fourth-order valence-corrected chi connectivity index (χ4v) is 5.38. The van der Waals surface area contributed by atoms with Crippen LogP contribution in [0.25, 0.3) is 22.2 Å². The number of fused-ring (bicyclic) bond motifs is 1. The lowest BCUT2D eigenvalue weighted by Crippen LogP contribution is -2.50. The summed E-state index contributed by atoms with van der Waals surface area (Å²) < 4.78 is 19.0. The molecular formula is C29H29FN6O2S. The molecule has 0 spiro atoms. The summed E-state index contributed by atoms with van der Waals surface area (Å²) in [4.78, 5) is 28.2. The van der Waals surface area contributed by atoms with Gasteiger partial charge in [-0.05, 0) is 69.3 Å². The van der Waals surface area contributed by atoms with Crippen molar-refractivity contribution < 1.29 is 13.9 Å². The van der Waals surface area contributed by atoms with Gasteiger partial charge >= 0.3 is 6.09 Å². The molecule has 1 fully saturated rings. The number of nitrogens with zero attached hydrogens (tertiary/aromatic N) is 6. The highest BCUT2D eigenvalue weighted by Gasteiger charge is 2.26. The van der Waals surface area contributed by atoms with Crippen LogP contribution in [0, 0.1) is 17.1 Å². The van der Waals surface area contributed by atoms with Gasteiger partial charge in [0.25, 0.3) is 0 Å². The van der Waals surface area contributed by atoms with E-state index < -0.39 is 5.60 Å². The van der Waals surface area contributed by atoms with Crippen molar-refractivity contribution >= 4 is 44.8 Å². The van der Waals surface area contributed by atoms with Gasteiger partial charge in [0.1, 0.15) is 28.1 Å². The zero-order valence-corrected chi connectivity index (χ0v) is 23.1. The number of aromatic nitrogens is 2. The first-order valence-corrected chi connectivity index (χ1v) is 13.5. The van der Waals surface area contributed by atoms with Crippen molar-refractivity contribution in [3.8, 4) is 17.3 Å². The van der Waals surface area contributed by atoms with Crippen LogP contribution in [0.5, 0.6) is 0 Å². The molecule has 1 aliphatic heterocycles. The molecule has 0 radical (unpaired) electrons. The highest BCUT2D eigenvalue weighted by molar-refractivity contribution is 7.16. The van der Waals surface area contributed by atoms with E-state index in [9.17, 15) is 14.4 Å². The molecule has 0 N–H and O–H groups in total. The molecule has 39 heavy (non-hydrogen) atoms. The van der Waals surface area contributed by atoms with Crippen molar-refractivity contribution in [3.05, 3.63) is 65.4 Å². The first-order valence-electron chi connectivity index (χ1n) is 12.7. The van der Waals surface area contributed by atoms with Gasteiger partial charge in [-0.25, -0.2) is 14.2 Å². The Morgan fingerprint density at radius 3 is 2.49 bits per heavy atom. The Kier molecular flexibility index (Phi) is 7.10. The molecule has 1 saturated heterocycles. The van der Waals surface area contributed by atoms with Crippen LogP contribution in [-0.2, 0) is 4.74 Å². The van der Waals surface area contributed by atoms with Gasteiger partial charge in [-0.1, -0.05) is 11.3 Å². The Hall–Kier alpha value is -4.23. The SMILES string of the molecule is CN(c1nc(-c2ccc(F)cc2)c(C#N)s1)c1ccnc2ccc(N3CCN(C(=O)OC(C)(C)C)CC3)cc12. The van der Waals surface area contributed by atoms with Crippen LogP contribution in [0.3, 0.4) is 0 Å². The van der Waals surface area contributed by atoms with Gasteiger partial charge < -0.3 is 19.4 Å². The van der Waals surface area contributed by atoms with E-state index in [0.717, 1.165) is 22.3 Å². The fourth-order valence-electron chi connectivity index (χ4n) is 4.52. The van der Waals surface area contributed by atoms with Gasteiger partial charge in [-0.2, -0.15) is 5.26 Å². The van der Waals surface area contributed by atoms with Crippen molar-refractivity contribution in [3.63, 3.8) is 0 Å². The standard InChI is InChI=1S/C29H29FN6O2S/c1-29(2,3)38-28(37)36-15-13-35(14-16-36)21-9-10-23-22(17-21)24(11-12-32-23)34(4)27-33-26(25(18-31)39-27)19-5-7-20(30)8-6-19/h5-12,17H,13-16H2,1-4H3. The molecule has 8 nitrogen and oxygen atoms in total. The number of rotatable bonds is 4. The molecule has 200 valence electrons. The second kappa shape index (κ2) is 10.5. The molecule has 0 aliphatic carbocycles. The van der Waals surface area contributed by atoms with Crippen molar-refractivity contribution in [1.82, 2.24) is 14.9 Å². The van der Waals surface area contributed by atoms with Crippen molar-refractivity contribution in [2.24, 2.45) is 0 Å². The monoisotopic (exact) mass is 544 g/mol. The molecule has 0 atom stereocenters. The number of ether oxygens (including phenoxy) is 1. The van der Waals surface area contributed by atoms with Crippen LogP contribution in [0.2, 0.25) is 0 Å². The normalized spacial score (nSPS) is 13.8. The summed E-state index contributed by atoms with van der Waals surface area (Å²) in [7, 11) is 1.91. The number of hydrogen-bond donors (Lipinski definition) is 0. The van der Waals surface area contributed by atoms with E-state index >= 15 is 0 Å². The minimum atomic E-state index is -0.521. The predicted molar refractivity (Wildman–Crippen MR) is 152 cm³/mol. The van der Waals surface area contributed by atoms with Crippen LogP contribution < -0.4 is 9.80 Å². The number of thiazole rings is 1. The number of carbonyl (C=O) groups excluding carboxylic acids is 1. The fraction of sp³-hybridized carbons (Fsp3) is 0.310. The molecule has 10 heteroatoms. The number of anilines is 3. The lowest BCUT2D eigenvalue weighted by atomic mass is 10.1. The average Bonchev–Trinajstić information content (AvgIpc) is 3.36. The van der Waals surface area contributed by atoms with E-state index in [2.05, 4.69) is 22.0 Å². The van der Waals surface area contributed by atoms with Crippen LogP contribution in [0.15, 0.2) is 54.7 Å². The third-order valence-corrected chi connectivity index (χ3v) is 7.52. The van der Waals surface area contributed by atoms with E-state index in [4.69, 9.17) is 9.72 Å². The van der Waals surface area contributed by atoms with Crippen molar-refractivity contribution in [2.45, 2.75) is 26.4 Å². The number of nitriles is 1. The van der Waals surface area contributed by atoms with Gasteiger partial charge in [0, 0.05) is 56.1 Å². The number of piperazine rings is 1. The van der Waals surface area contributed by atoms with Gasteiger partial charge in [0.15, 0.2) is 5.13 Å². The zero-order valence-electron chi connectivity index (χ0n) is 22.3. The highest BCUT2D eigenvalue weighted by atomic mass is 32.1. The summed E-state index contributed by atoms with van der Waals surface area (Å²) in [5.74, 6) is -0.338. The highest BCUT2D eigenvalue weighted by Crippen LogP contribution is 2.38. The van der Waals surface area contributed by atoms with Gasteiger partial charge in [-0.15, -0.1) is 0 Å². The van der Waals surface area contributed by atoms with Gasteiger partial charge in [0.2, 0.25) is 0 Å². The van der Waals surface area contributed by atoms with Gasteiger partial charge in [0.05, 0.1) is 11.2 Å². The summed E-state index contributed by atoms with van der Waals surface area (Å²) in [6, 6.07) is 16.3. The molecule has 2 aromatic heterocycles. The zero-order chi connectivity index (χ0) is 27.7. The summed E-state index contributed by atoms with van der Waals surface area (Å²) in [6.45, 7) is 8.15. The smallest absolute Gasteiger partial charge is 0.410 e. The molecule has 2 aromatic carbocycles. The van der Waals surface area contributed by atoms with Crippen LogP contribution in [-0.4, -0.2) is 59.8 Å². The minimum absolute atomic E-state index is 0.283. The number of pyridine rings is 1. The lowest BCUT2D eigenvalue weighted by Gasteiger charge is -2.37. The molecule has 1 amide bonds. The Bertz CT molecular complexity index is 1550. The largest absolute Gasteiger partial charge is 0.444 e. The van der Waals surface area contributed by atoms with E-state index in [-0.39, 0.29) is 11.9 Å². The molecule has 4 aromatic rings. The average molecular weight is 545 g/mol. The second-order valence-corrected chi connectivity index (χ2v) is 11.3. The summed E-state index contributed by atoms with van der Waals surface area (Å²) in [5, 5.41) is 11.3. The number of amides is 1. The summed E-state index contributed by atoms with van der Waals surface area (Å²) in [6.07, 6.45) is 1.47. The van der Waals surface area contributed by atoms with Crippen LogP contribution in [0.4, 0.5) is 25.7 Å². The molecule has 0 bridgehead atoms. The topological polar surface area (TPSA) is 85.6 Å². The van der Waals surface area contributed by atoms with E-state index in [0.29, 0.717) is 47.4 Å². The molecular weight excluding hydrogens is 515 g/mol. The van der Waals surface area contributed by atoms with Crippen LogP contribution >= 0.6 is 11.3 Å². The van der Waals surface area contributed by atoms with E-state index in [1.807, 2.05) is 50.9 Å². The summed E-state index contributed by atoms with van der Waals surface area (Å²) in [5.41, 5.74) is 3.48. The van der Waals surface area contributed by atoms with Crippen LogP contribution in [0.1, 0.15) is 25.6 Å². The summed E-state index contributed by atoms with van der Waals surface area (Å²) >= 11 is 1.29. The number of halogens is 1. The third kappa shape index (κ3) is 5.64. The second-order valence-electron chi connectivity index (χ2n) is 10.3. The molecule has 0 unspecified atom stereocenters. The quantitative estimate of drug-likeness (QED) is 0.303. The third-order valence-electron chi connectivity index (χ3n) is 6.48. The van der Waals surface area contributed by atoms with Crippen molar-refractivity contribution in [1.29, 1.82) is 5.26 Å². The molecule has 0 saturated carbocycles. The van der Waals surface area contributed by atoms with E-state index in [1.165, 1.54) is 23.5 Å². The lowest BCUT2D eigenvalue weighted by molar-refractivity contribution is 0.0240. The molecule has 1 aliphatic rings. The maximum Gasteiger partial charge on any atom is 0.410 e. The Morgan fingerprint density at radius 1 is 1.10 bits per heavy atom. The Labute approximate surface area is 230 Å². The maximum atomic E-state index is 13.4. The number of carbonyl (C=O) groups is 1. The Balaban J connectivity index is 1.40. The first-order chi connectivity index (χ1) is 18.6. The molecule has 5 rings (SSSR count). The predicted octanol–water partition coefficient (Wildman–Crippen LogP) is 6.19. The first kappa shape index (κ1) is 26.4. The van der Waals surface area contributed by atoms with Gasteiger partial charge in [-0.3, -0.25) is 4.98 Å². The van der Waals surface area contributed by atoms with Crippen molar-refractivity contribution in [2.75, 3.05) is 43.0 Å². The van der Waals surface area contributed by atoms with E-state index in [1.54, 1.807) is 23.2 Å². The minimum Gasteiger partial charge on any atom is -0.444 e. The maximum absolute atomic E-state index is 13.4. The Morgan fingerprint density at radius 2 is 1.82 bits per heavy atom. The molecule has 3 heterocycles.